The molecule has 6 nitrogen and oxygen atoms in total. The molecule has 2 aromatic rings. The molecule has 1 aromatic carbocycles. The highest BCUT2D eigenvalue weighted by atomic mass is 35.5. The Balaban J connectivity index is 0.00000205. The van der Waals surface area contributed by atoms with Gasteiger partial charge < -0.3 is 10.2 Å². The number of carbonyl (C=O) groups is 1. The van der Waals surface area contributed by atoms with Crippen molar-refractivity contribution in [1.29, 1.82) is 0 Å². The van der Waals surface area contributed by atoms with Crippen LogP contribution in [0.15, 0.2) is 23.0 Å². The van der Waals surface area contributed by atoms with Gasteiger partial charge in [-0.25, -0.2) is 4.98 Å². The first-order valence-electron chi connectivity index (χ1n) is 10.7. The van der Waals surface area contributed by atoms with Gasteiger partial charge in [0.1, 0.15) is 5.82 Å². The fraction of sp³-hybridized carbons (Fsp3) is 0.591. The molecule has 29 heavy (non-hydrogen) atoms. The molecule has 2 saturated heterocycles. The van der Waals surface area contributed by atoms with Crippen LogP contribution in [0.4, 0.5) is 0 Å². The van der Waals surface area contributed by atoms with E-state index >= 15 is 0 Å². The molecule has 0 aliphatic carbocycles. The number of amides is 1. The summed E-state index contributed by atoms with van der Waals surface area (Å²) in [6.45, 7) is 4.58. The first kappa shape index (κ1) is 20.4. The number of carbonyl (C=O) groups excluding carboxylic acids is 1. The number of aromatic nitrogens is 2. The lowest BCUT2D eigenvalue weighted by molar-refractivity contribution is 0.0608. The van der Waals surface area contributed by atoms with E-state index in [-0.39, 0.29) is 23.9 Å². The van der Waals surface area contributed by atoms with Gasteiger partial charge in [0.2, 0.25) is 0 Å². The van der Waals surface area contributed by atoms with Gasteiger partial charge in [0.05, 0.1) is 10.9 Å². The Bertz CT molecular complexity index is 971. The third kappa shape index (κ3) is 3.68. The summed E-state index contributed by atoms with van der Waals surface area (Å²) in [4.78, 5) is 32.7. The van der Waals surface area contributed by atoms with Crippen molar-refractivity contribution in [1.82, 2.24) is 19.8 Å². The zero-order valence-corrected chi connectivity index (χ0v) is 17.6. The number of benzene rings is 1. The van der Waals surface area contributed by atoms with E-state index in [1.807, 2.05) is 15.5 Å². The number of likely N-dealkylation sites (tertiary alicyclic amines) is 1. The molecular formula is C22H29ClN4O2. The van der Waals surface area contributed by atoms with Crippen LogP contribution in [0.25, 0.3) is 10.9 Å². The number of nitrogens with zero attached hydrogens (tertiary/aromatic N) is 3. The number of hydrogen-bond donors (Lipinski definition) is 1. The van der Waals surface area contributed by atoms with Gasteiger partial charge in [0, 0.05) is 38.2 Å². The van der Waals surface area contributed by atoms with Gasteiger partial charge in [-0.15, -0.1) is 12.4 Å². The molecule has 0 saturated carbocycles. The molecule has 7 heteroatoms. The lowest BCUT2D eigenvalue weighted by atomic mass is 9.78. The second kappa shape index (κ2) is 8.07. The maximum Gasteiger partial charge on any atom is 0.261 e. The maximum absolute atomic E-state index is 13.1. The van der Waals surface area contributed by atoms with Crippen molar-refractivity contribution >= 4 is 29.2 Å². The van der Waals surface area contributed by atoms with Crippen LogP contribution in [0.2, 0.25) is 0 Å². The Kier molecular flexibility index (Phi) is 5.67. The van der Waals surface area contributed by atoms with Gasteiger partial charge in [-0.3, -0.25) is 14.2 Å². The number of nitrogens with one attached hydrogen (secondary N) is 1. The lowest BCUT2D eigenvalue weighted by Crippen LogP contribution is -2.44. The Morgan fingerprint density at radius 2 is 1.90 bits per heavy atom. The molecule has 0 atom stereocenters. The largest absolute Gasteiger partial charge is 0.339 e. The van der Waals surface area contributed by atoms with E-state index in [9.17, 15) is 9.59 Å². The smallest absolute Gasteiger partial charge is 0.261 e. The molecule has 1 spiro atoms. The van der Waals surface area contributed by atoms with Gasteiger partial charge in [0.25, 0.3) is 11.5 Å². The molecule has 0 radical (unpaired) electrons. The van der Waals surface area contributed by atoms with E-state index in [0.29, 0.717) is 21.9 Å². The van der Waals surface area contributed by atoms with Crippen LogP contribution >= 0.6 is 12.4 Å². The number of halogens is 1. The zero-order valence-electron chi connectivity index (χ0n) is 16.8. The van der Waals surface area contributed by atoms with Crippen molar-refractivity contribution < 1.29 is 4.79 Å². The molecule has 156 valence electrons. The Morgan fingerprint density at radius 3 is 2.66 bits per heavy atom. The summed E-state index contributed by atoms with van der Waals surface area (Å²) in [6.07, 6.45) is 7.45. The second-order valence-electron chi connectivity index (χ2n) is 8.75. The Labute approximate surface area is 177 Å². The normalized spacial score (nSPS) is 20.9. The minimum atomic E-state index is 0. The van der Waals surface area contributed by atoms with Gasteiger partial charge in [-0.2, -0.15) is 0 Å². The van der Waals surface area contributed by atoms with E-state index in [1.165, 1.54) is 6.42 Å². The minimum absolute atomic E-state index is 0. The summed E-state index contributed by atoms with van der Waals surface area (Å²) in [5.74, 6) is 0.938. The number of hydrogen-bond acceptors (Lipinski definition) is 4. The first-order valence-corrected chi connectivity index (χ1v) is 10.7. The average molecular weight is 417 g/mol. The molecule has 3 aliphatic rings. The van der Waals surface area contributed by atoms with Crippen molar-refractivity contribution in [3.05, 3.63) is 39.9 Å². The molecule has 1 N–H and O–H groups in total. The Hall–Kier alpha value is -1.92. The summed E-state index contributed by atoms with van der Waals surface area (Å²) in [5, 5.41) is 4.09. The van der Waals surface area contributed by atoms with Crippen LogP contribution in [0.5, 0.6) is 0 Å². The van der Waals surface area contributed by atoms with E-state index in [1.54, 1.807) is 12.1 Å². The zero-order chi connectivity index (χ0) is 19.1. The number of rotatable bonds is 1. The van der Waals surface area contributed by atoms with Crippen LogP contribution in [-0.4, -0.2) is 46.5 Å². The quantitative estimate of drug-likeness (QED) is 0.776. The molecule has 3 aliphatic heterocycles. The number of fused-ring (bicyclic) bond motifs is 2. The summed E-state index contributed by atoms with van der Waals surface area (Å²) in [7, 11) is 0. The van der Waals surface area contributed by atoms with Crippen molar-refractivity contribution in [2.24, 2.45) is 5.41 Å². The highest BCUT2D eigenvalue weighted by molar-refractivity contribution is 5.97. The van der Waals surface area contributed by atoms with Crippen LogP contribution < -0.4 is 10.9 Å². The van der Waals surface area contributed by atoms with E-state index in [2.05, 4.69) is 5.32 Å². The Morgan fingerprint density at radius 1 is 1.07 bits per heavy atom. The average Bonchev–Trinajstić information content (AvgIpc) is 3.03. The first-order chi connectivity index (χ1) is 13.7. The third-order valence-electron chi connectivity index (χ3n) is 7.01. The molecule has 5 rings (SSSR count). The number of aryl methyl sites for hydroxylation is 1. The van der Waals surface area contributed by atoms with Gasteiger partial charge >= 0.3 is 0 Å². The lowest BCUT2D eigenvalue weighted by Gasteiger charge is -2.38. The summed E-state index contributed by atoms with van der Waals surface area (Å²) in [5.41, 5.74) is 1.75. The molecular weight excluding hydrogens is 388 g/mol. The van der Waals surface area contributed by atoms with Gasteiger partial charge in [0.15, 0.2) is 0 Å². The predicted octanol–water partition coefficient (Wildman–Crippen LogP) is 2.76. The topological polar surface area (TPSA) is 67.2 Å². The van der Waals surface area contributed by atoms with E-state index in [0.717, 1.165) is 77.1 Å². The molecule has 2 fully saturated rings. The molecule has 4 heterocycles. The van der Waals surface area contributed by atoms with Crippen molar-refractivity contribution in [3.8, 4) is 0 Å². The monoisotopic (exact) mass is 416 g/mol. The van der Waals surface area contributed by atoms with Crippen LogP contribution in [0, 0.1) is 5.41 Å². The summed E-state index contributed by atoms with van der Waals surface area (Å²) >= 11 is 0. The second-order valence-corrected chi connectivity index (χ2v) is 8.75. The van der Waals surface area contributed by atoms with Gasteiger partial charge in [-0.1, -0.05) is 6.42 Å². The molecule has 1 amide bonds. The van der Waals surface area contributed by atoms with Gasteiger partial charge in [-0.05, 0) is 62.3 Å². The highest BCUT2D eigenvalue weighted by Gasteiger charge is 2.38. The third-order valence-corrected chi connectivity index (χ3v) is 7.01. The van der Waals surface area contributed by atoms with Crippen molar-refractivity contribution in [3.63, 3.8) is 0 Å². The van der Waals surface area contributed by atoms with Crippen LogP contribution in [0.3, 0.4) is 0 Å². The predicted molar refractivity (Wildman–Crippen MR) is 116 cm³/mol. The standard InChI is InChI=1S/C22H28N4O2.ClH/c27-20(25-12-8-22(9-13-25)7-10-23-15-22)16-5-6-17-18(14-16)24-19-4-2-1-3-11-26(19)21(17)28;/h5-6,14,23H,1-4,7-13,15H2;1H. The fourth-order valence-corrected chi connectivity index (χ4v) is 5.14. The van der Waals surface area contributed by atoms with E-state index < -0.39 is 0 Å². The van der Waals surface area contributed by atoms with Crippen LogP contribution in [-0.2, 0) is 13.0 Å². The summed E-state index contributed by atoms with van der Waals surface area (Å²) < 4.78 is 1.83. The summed E-state index contributed by atoms with van der Waals surface area (Å²) in [6, 6.07) is 5.42. The van der Waals surface area contributed by atoms with Crippen LogP contribution in [0.1, 0.15) is 54.7 Å². The van der Waals surface area contributed by atoms with E-state index in [4.69, 9.17) is 4.98 Å². The fourth-order valence-electron chi connectivity index (χ4n) is 5.14. The maximum atomic E-state index is 13.1. The van der Waals surface area contributed by atoms with Crippen molar-refractivity contribution in [2.75, 3.05) is 26.2 Å². The minimum Gasteiger partial charge on any atom is -0.339 e. The highest BCUT2D eigenvalue weighted by Crippen LogP contribution is 2.37. The number of piperidine rings is 1. The SMILES string of the molecule is Cl.O=C(c1ccc2c(=O)n3c(nc2c1)CCCCC3)N1CCC2(CCNC2)CC1. The molecule has 1 aromatic heterocycles. The molecule has 0 bridgehead atoms. The van der Waals surface area contributed by atoms with Crippen molar-refractivity contribution in [2.45, 2.75) is 51.5 Å². The molecule has 0 unspecified atom stereocenters.